The second-order valence-electron chi connectivity index (χ2n) is 19.3. The zero-order valence-corrected chi connectivity index (χ0v) is 45.7. The lowest BCUT2D eigenvalue weighted by Crippen LogP contribution is -2.43. The molecule has 0 aromatic heterocycles. The Morgan fingerprint density at radius 1 is 0.262 bits per heavy atom. The number of hydrogen-bond donors (Lipinski definition) is 0. The SMILES string of the molecule is O=C(Oc1ccccc1)c1ccc(C2=NC(c3ccccc3Cl)(C3(c4ccccc4Cl)N=C(c4ccc(C(=O)Oc5ccccc5)cc4)C(c4ccc(C(=O)Oc5ccccc5)cc4)=N3)N=C2c2ccc(C(=O)Oc3ccccc3)cc2)cc1. The van der Waals surface area contributed by atoms with Gasteiger partial charge in [0.15, 0.2) is 0 Å². The molecular weight excluding hydrogens is 1100 g/mol. The van der Waals surface area contributed by atoms with E-state index in [1.807, 2.05) is 48.5 Å². The van der Waals surface area contributed by atoms with Crippen molar-refractivity contribution >= 4 is 69.9 Å². The highest BCUT2D eigenvalue weighted by Crippen LogP contribution is 2.57. The predicted octanol–water partition coefficient (Wildman–Crippen LogP) is 14.9. The molecule has 0 saturated carbocycles. The predicted molar refractivity (Wildman–Crippen MR) is 324 cm³/mol. The molecule has 0 spiro atoms. The second-order valence-corrected chi connectivity index (χ2v) is 20.1. The van der Waals surface area contributed by atoms with Gasteiger partial charge in [-0.05, 0) is 109 Å². The summed E-state index contributed by atoms with van der Waals surface area (Å²) in [5.41, 5.74) is 1.38. The van der Waals surface area contributed by atoms with Gasteiger partial charge >= 0.3 is 23.9 Å². The summed E-state index contributed by atoms with van der Waals surface area (Å²) in [5, 5.41) is 0.524. The maximum absolute atomic E-state index is 13.6. The highest BCUT2D eigenvalue weighted by Gasteiger charge is 2.62. The Morgan fingerprint density at radius 2 is 0.464 bits per heavy atom. The molecule has 0 aliphatic carbocycles. The summed E-state index contributed by atoms with van der Waals surface area (Å²) in [6.07, 6.45) is 0. The Kier molecular flexibility index (Phi) is 15.1. The Hall–Kier alpha value is -10.7. The van der Waals surface area contributed by atoms with Crippen LogP contribution in [0.4, 0.5) is 0 Å². The van der Waals surface area contributed by atoms with Gasteiger partial charge in [-0.2, -0.15) is 0 Å². The summed E-state index contributed by atoms with van der Waals surface area (Å²) < 4.78 is 22.9. The molecule has 10 aromatic rings. The highest BCUT2D eigenvalue weighted by atomic mass is 35.5. The third-order valence-electron chi connectivity index (χ3n) is 13.9. The van der Waals surface area contributed by atoms with Crippen molar-refractivity contribution in [3.8, 4) is 23.0 Å². The van der Waals surface area contributed by atoms with Gasteiger partial charge in [0.1, 0.15) is 23.0 Å². The fourth-order valence-electron chi connectivity index (χ4n) is 9.80. The lowest BCUT2D eigenvalue weighted by molar-refractivity contribution is 0.0725. The average Bonchev–Trinajstić information content (AvgIpc) is 1.62. The number of benzene rings is 10. The second kappa shape index (κ2) is 23.4. The van der Waals surface area contributed by atoms with E-state index in [0.29, 0.717) is 79.2 Å². The molecule has 0 saturated heterocycles. The maximum Gasteiger partial charge on any atom is 0.343 e. The number of hydrogen-bond acceptors (Lipinski definition) is 12. The molecule has 0 amide bonds. The van der Waals surface area contributed by atoms with Crippen LogP contribution >= 0.6 is 23.2 Å². The molecule has 406 valence electrons. The zero-order valence-electron chi connectivity index (χ0n) is 44.2. The van der Waals surface area contributed by atoms with E-state index in [2.05, 4.69) is 0 Å². The first-order valence-corrected chi connectivity index (χ1v) is 27.2. The number of rotatable bonds is 15. The van der Waals surface area contributed by atoms with Crippen LogP contribution < -0.4 is 18.9 Å². The minimum absolute atomic E-state index is 0.262. The molecule has 0 fully saturated rings. The molecule has 12 rings (SSSR count). The van der Waals surface area contributed by atoms with Gasteiger partial charge in [0.2, 0.25) is 11.3 Å². The van der Waals surface area contributed by atoms with Gasteiger partial charge in [0.25, 0.3) is 0 Å². The molecule has 14 heteroatoms. The van der Waals surface area contributed by atoms with E-state index in [1.165, 1.54) is 0 Å². The number of carbonyl (C=O) groups excluding carboxylic acids is 4. The van der Waals surface area contributed by atoms with Gasteiger partial charge in [-0.25, -0.2) is 39.1 Å². The van der Waals surface area contributed by atoms with Gasteiger partial charge in [-0.15, -0.1) is 0 Å². The van der Waals surface area contributed by atoms with E-state index in [9.17, 15) is 19.2 Å². The minimum Gasteiger partial charge on any atom is -0.423 e. The first kappa shape index (κ1) is 54.0. The van der Waals surface area contributed by atoms with E-state index in [-0.39, 0.29) is 32.3 Å². The number of nitrogens with zero attached hydrogens (tertiary/aromatic N) is 4. The van der Waals surface area contributed by atoms with Gasteiger partial charge < -0.3 is 18.9 Å². The van der Waals surface area contributed by atoms with Crippen molar-refractivity contribution in [3.05, 3.63) is 333 Å². The van der Waals surface area contributed by atoms with Crippen molar-refractivity contribution in [1.82, 2.24) is 0 Å². The van der Waals surface area contributed by atoms with Crippen molar-refractivity contribution < 1.29 is 38.1 Å². The smallest absolute Gasteiger partial charge is 0.343 e. The Morgan fingerprint density at radius 3 is 0.679 bits per heavy atom. The van der Waals surface area contributed by atoms with E-state index < -0.39 is 35.2 Å². The largest absolute Gasteiger partial charge is 0.423 e. The van der Waals surface area contributed by atoms with Crippen LogP contribution in [-0.2, 0) is 11.3 Å². The quantitative estimate of drug-likeness (QED) is 0.0726. The van der Waals surface area contributed by atoms with Crippen LogP contribution in [0.25, 0.3) is 0 Å². The molecule has 12 nitrogen and oxygen atoms in total. The first-order valence-electron chi connectivity index (χ1n) is 26.4. The van der Waals surface area contributed by atoms with Crippen LogP contribution in [0.5, 0.6) is 23.0 Å². The number of esters is 4. The van der Waals surface area contributed by atoms with Crippen molar-refractivity contribution in [3.63, 3.8) is 0 Å². The van der Waals surface area contributed by atoms with E-state index in [0.717, 1.165) is 0 Å². The fraction of sp³-hybridized carbons (Fsp3) is 0.0286. The molecule has 0 bridgehead atoms. The monoisotopic (exact) mass is 1140 g/mol. The normalized spacial score (nSPS) is 13.8. The molecule has 84 heavy (non-hydrogen) atoms. The van der Waals surface area contributed by atoms with Crippen molar-refractivity contribution in [2.24, 2.45) is 20.0 Å². The summed E-state index contributed by atoms with van der Waals surface area (Å²) in [6.45, 7) is 0. The standard InChI is InChI=1S/C70H44Cl2N4O8/c71-59-27-15-13-25-57(59)69(73-61(45-29-37-49(38-30-45)65(77)81-53-17-5-1-6-18-53)62(74-69)46-31-39-50(40-32-46)66(78)82-54-19-7-2-8-20-54)70(58-26-14-16-28-60(58)72)75-63(47-33-41-51(42-34-47)67(79)83-55-21-9-3-10-22-55)64(76-70)48-35-43-52(44-36-48)68(80)84-56-23-11-4-12-24-56/h1-44H. The molecule has 0 radical (unpaired) electrons. The molecule has 0 N–H and O–H groups in total. The zero-order chi connectivity index (χ0) is 57.6. The molecule has 0 unspecified atom stereocenters. The topological polar surface area (TPSA) is 155 Å². The molecule has 0 atom stereocenters. The van der Waals surface area contributed by atoms with Crippen molar-refractivity contribution in [2.75, 3.05) is 0 Å². The van der Waals surface area contributed by atoms with Gasteiger partial charge in [-0.1, -0.05) is 181 Å². The average molecular weight is 1140 g/mol. The van der Waals surface area contributed by atoms with Crippen molar-refractivity contribution in [1.29, 1.82) is 0 Å². The Balaban J connectivity index is 1.07. The third kappa shape index (κ3) is 10.9. The molecule has 2 aliphatic heterocycles. The van der Waals surface area contributed by atoms with Crippen LogP contribution in [0.2, 0.25) is 10.0 Å². The number of carbonyl (C=O) groups is 4. The Bertz CT molecular complexity index is 3750. The molecule has 2 heterocycles. The number of ether oxygens (including phenoxy) is 4. The summed E-state index contributed by atoms with van der Waals surface area (Å²) in [7, 11) is 0. The number of para-hydroxylation sites is 4. The number of halogens is 2. The van der Waals surface area contributed by atoms with E-state index in [1.54, 1.807) is 218 Å². The number of aliphatic imine (C=N–C) groups is 4. The summed E-state index contributed by atoms with van der Waals surface area (Å²) in [4.78, 5) is 77.4. The summed E-state index contributed by atoms with van der Waals surface area (Å²) in [5.74, 6) is -0.781. The lowest BCUT2D eigenvalue weighted by Gasteiger charge is -2.39. The maximum atomic E-state index is 13.6. The third-order valence-corrected chi connectivity index (χ3v) is 14.6. The van der Waals surface area contributed by atoms with Gasteiger partial charge in [0, 0.05) is 43.4 Å². The van der Waals surface area contributed by atoms with Crippen LogP contribution in [0.15, 0.2) is 287 Å². The van der Waals surface area contributed by atoms with Crippen LogP contribution in [0, 0.1) is 0 Å². The molecular formula is C70H44Cl2N4O8. The molecule has 10 aromatic carbocycles. The summed E-state index contributed by atoms with van der Waals surface area (Å²) >= 11 is 14.9. The summed E-state index contributed by atoms with van der Waals surface area (Å²) in [6, 6.07) is 76.5. The van der Waals surface area contributed by atoms with Crippen molar-refractivity contribution in [2.45, 2.75) is 11.3 Å². The van der Waals surface area contributed by atoms with Crippen LogP contribution in [0.3, 0.4) is 0 Å². The highest BCUT2D eigenvalue weighted by molar-refractivity contribution is 6.56. The van der Waals surface area contributed by atoms with Crippen LogP contribution in [-0.4, -0.2) is 46.7 Å². The van der Waals surface area contributed by atoms with E-state index >= 15 is 0 Å². The molecule has 2 aliphatic rings. The first-order chi connectivity index (χ1) is 41.0. The Labute approximate surface area is 492 Å². The van der Waals surface area contributed by atoms with E-state index in [4.69, 9.17) is 62.1 Å². The lowest BCUT2D eigenvalue weighted by atomic mass is 9.82. The minimum atomic E-state index is -1.97. The fourth-order valence-corrected chi connectivity index (χ4v) is 10.3. The van der Waals surface area contributed by atoms with Gasteiger partial charge in [0.05, 0.1) is 45.1 Å². The van der Waals surface area contributed by atoms with Gasteiger partial charge in [-0.3, -0.25) is 0 Å². The van der Waals surface area contributed by atoms with Crippen LogP contribution in [0.1, 0.15) is 74.8 Å².